The molecule has 0 aliphatic carbocycles. The Morgan fingerprint density at radius 1 is 1.03 bits per heavy atom. The van der Waals surface area contributed by atoms with Crippen molar-refractivity contribution in [2.45, 2.75) is 6.42 Å². The lowest BCUT2D eigenvalue weighted by Gasteiger charge is -2.07. The van der Waals surface area contributed by atoms with Crippen LogP contribution in [0.1, 0.15) is 5.56 Å². The van der Waals surface area contributed by atoms with E-state index >= 15 is 0 Å². The Kier molecular flexibility index (Phi) is 5.55. The minimum absolute atomic E-state index is 0.196. The monoisotopic (exact) mass is 494 g/mol. The van der Waals surface area contributed by atoms with Crippen molar-refractivity contribution >= 4 is 34.4 Å². The van der Waals surface area contributed by atoms with E-state index in [0.717, 1.165) is 39.0 Å². The second-order valence-electron chi connectivity index (χ2n) is 8.25. The van der Waals surface area contributed by atoms with Gasteiger partial charge in [-0.15, -0.1) is 0 Å². The van der Waals surface area contributed by atoms with Gasteiger partial charge in [0.2, 0.25) is 11.8 Å². The first-order valence-corrected chi connectivity index (χ1v) is 11.6. The van der Waals surface area contributed by atoms with Gasteiger partial charge in [-0.3, -0.25) is 19.8 Å². The zero-order valence-electron chi connectivity index (χ0n) is 18.9. The van der Waals surface area contributed by atoms with Crippen molar-refractivity contribution in [2.75, 3.05) is 5.32 Å². The summed E-state index contributed by atoms with van der Waals surface area (Å²) in [4.78, 5) is 17.1. The fourth-order valence-electron chi connectivity index (χ4n) is 4.08. The Hall–Kier alpha value is -4.69. The maximum Gasteiger partial charge on any atom is 0.231 e. The predicted molar refractivity (Wildman–Crippen MR) is 138 cm³/mol. The number of amides is 1. The molecule has 176 valence electrons. The number of hydrogen-bond donors (Lipinski definition) is 2. The lowest BCUT2D eigenvalue weighted by Crippen LogP contribution is -2.13. The summed E-state index contributed by atoms with van der Waals surface area (Å²) in [6.45, 7) is 0. The van der Waals surface area contributed by atoms with E-state index in [4.69, 9.17) is 16.1 Å². The molecule has 3 heterocycles. The van der Waals surface area contributed by atoms with Gasteiger partial charge in [0.15, 0.2) is 0 Å². The lowest BCUT2D eigenvalue weighted by atomic mass is 10.1. The van der Waals surface area contributed by atoms with Crippen molar-refractivity contribution in [2.24, 2.45) is 0 Å². The molecule has 3 aromatic carbocycles. The van der Waals surface area contributed by atoms with Crippen LogP contribution < -0.4 is 5.32 Å². The van der Waals surface area contributed by atoms with Crippen LogP contribution in [-0.4, -0.2) is 30.8 Å². The number of nitrogens with zero attached hydrogens (tertiary/aromatic N) is 4. The first-order valence-electron chi connectivity index (χ1n) is 11.2. The van der Waals surface area contributed by atoms with Crippen molar-refractivity contribution < 1.29 is 9.32 Å². The van der Waals surface area contributed by atoms with Gasteiger partial charge in [-0.2, -0.15) is 5.10 Å². The molecule has 9 heteroatoms. The smallest absolute Gasteiger partial charge is 0.231 e. The predicted octanol–water partition coefficient (Wildman–Crippen LogP) is 5.91. The fraction of sp³-hybridized carbons (Fsp3) is 0.0370. The molecule has 0 aliphatic rings. The molecule has 6 aromatic rings. The molecule has 6 rings (SSSR count). The van der Waals surface area contributed by atoms with Crippen molar-refractivity contribution in [3.63, 3.8) is 0 Å². The summed E-state index contributed by atoms with van der Waals surface area (Å²) in [6, 6.07) is 22.9. The van der Waals surface area contributed by atoms with Gasteiger partial charge in [0, 0.05) is 29.1 Å². The SMILES string of the molecule is O=C(Cc1ccc(-n2cnc3cc(-c4cn[nH]c4)ccc32)cc1)Nc1cc(-c2ccccc2Cl)no1. The Bertz CT molecular complexity index is 1670. The Morgan fingerprint density at radius 2 is 1.89 bits per heavy atom. The van der Waals surface area contributed by atoms with E-state index in [1.165, 1.54) is 0 Å². The van der Waals surface area contributed by atoms with Gasteiger partial charge in [-0.1, -0.05) is 53.2 Å². The van der Waals surface area contributed by atoms with Gasteiger partial charge in [-0.25, -0.2) is 4.98 Å². The van der Waals surface area contributed by atoms with Gasteiger partial charge in [0.05, 0.1) is 28.7 Å². The van der Waals surface area contributed by atoms with Crippen LogP contribution in [0.2, 0.25) is 5.02 Å². The second kappa shape index (κ2) is 9.16. The molecule has 0 unspecified atom stereocenters. The number of H-pyrrole nitrogens is 1. The van der Waals surface area contributed by atoms with Gasteiger partial charge < -0.3 is 4.52 Å². The van der Waals surface area contributed by atoms with Crippen LogP contribution in [0.4, 0.5) is 5.88 Å². The molecule has 36 heavy (non-hydrogen) atoms. The summed E-state index contributed by atoms with van der Waals surface area (Å²) in [5.74, 6) is 0.0654. The van der Waals surface area contributed by atoms with E-state index in [1.807, 2.05) is 71.4 Å². The number of benzene rings is 3. The first kappa shape index (κ1) is 21.8. The maximum atomic E-state index is 12.6. The molecule has 1 amide bonds. The number of halogens is 1. The van der Waals surface area contributed by atoms with Crippen molar-refractivity contribution in [3.8, 4) is 28.1 Å². The zero-order valence-corrected chi connectivity index (χ0v) is 19.6. The van der Waals surface area contributed by atoms with Gasteiger partial charge >= 0.3 is 0 Å². The number of fused-ring (bicyclic) bond motifs is 1. The number of aromatic nitrogens is 5. The van der Waals surface area contributed by atoms with Gasteiger partial charge in [0.1, 0.15) is 12.0 Å². The third-order valence-corrected chi connectivity index (χ3v) is 6.21. The van der Waals surface area contributed by atoms with Crippen LogP contribution in [0, 0.1) is 0 Å². The van der Waals surface area contributed by atoms with Crippen LogP contribution >= 0.6 is 11.6 Å². The minimum atomic E-state index is -0.204. The number of carbonyl (C=O) groups is 1. The Morgan fingerprint density at radius 3 is 2.69 bits per heavy atom. The maximum absolute atomic E-state index is 12.6. The van der Waals surface area contributed by atoms with Crippen LogP contribution in [0.5, 0.6) is 0 Å². The summed E-state index contributed by atoms with van der Waals surface area (Å²) in [5, 5.41) is 14.2. The van der Waals surface area contributed by atoms with E-state index < -0.39 is 0 Å². The largest absolute Gasteiger partial charge is 0.338 e. The van der Waals surface area contributed by atoms with Crippen LogP contribution in [0.25, 0.3) is 39.1 Å². The average Bonchev–Trinajstić information content (AvgIpc) is 3.66. The van der Waals surface area contributed by atoms with Crippen molar-refractivity contribution in [1.82, 2.24) is 24.9 Å². The Balaban J connectivity index is 1.14. The third-order valence-electron chi connectivity index (χ3n) is 5.88. The number of rotatable bonds is 6. The summed E-state index contributed by atoms with van der Waals surface area (Å²) in [7, 11) is 0. The highest BCUT2D eigenvalue weighted by molar-refractivity contribution is 6.33. The summed E-state index contributed by atoms with van der Waals surface area (Å²) in [5.41, 5.74) is 7.07. The van der Waals surface area contributed by atoms with Crippen LogP contribution in [0.3, 0.4) is 0 Å². The highest BCUT2D eigenvalue weighted by Gasteiger charge is 2.13. The summed E-state index contributed by atoms with van der Waals surface area (Å²) in [6.07, 6.45) is 5.63. The van der Waals surface area contributed by atoms with E-state index in [-0.39, 0.29) is 18.2 Å². The molecule has 0 spiro atoms. The van der Waals surface area contributed by atoms with Crippen LogP contribution in [0.15, 0.2) is 96.0 Å². The fourth-order valence-corrected chi connectivity index (χ4v) is 4.31. The van der Waals surface area contributed by atoms with Crippen molar-refractivity contribution in [3.05, 3.63) is 102 Å². The molecule has 2 N–H and O–H groups in total. The second-order valence-corrected chi connectivity index (χ2v) is 8.66. The number of carbonyl (C=O) groups excluding carboxylic acids is 1. The lowest BCUT2D eigenvalue weighted by molar-refractivity contribution is -0.115. The third kappa shape index (κ3) is 4.25. The number of nitrogens with one attached hydrogen (secondary N) is 2. The normalized spacial score (nSPS) is 11.1. The molecule has 0 saturated heterocycles. The zero-order chi connectivity index (χ0) is 24.5. The highest BCUT2D eigenvalue weighted by Crippen LogP contribution is 2.29. The van der Waals surface area contributed by atoms with E-state index in [9.17, 15) is 4.79 Å². The van der Waals surface area contributed by atoms with Crippen LogP contribution in [-0.2, 0) is 11.2 Å². The molecule has 8 nitrogen and oxygen atoms in total. The molecular formula is C27H19ClN6O2. The quantitative estimate of drug-likeness (QED) is 0.300. The molecular weight excluding hydrogens is 476 g/mol. The Labute approximate surface area is 210 Å². The standard InChI is InChI=1S/C27H19ClN6O2/c28-22-4-2-1-3-21(22)23-13-27(36-33-23)32-26(35)11-17-5-8-20(9-6-17)34-16-29-24-12-18(7-10-25(24)34)19-14-30-31-15-19/h1-10,12-16H,11H2,(H,30,31)(H,32,35). The average molecular weight is 495 g/mol. The molecule has 0 radical (unpaired) electrons. The number of aromatic amines is 1. The number of anilines is 1. The summed E-state index contributed by atoms with van der Waals surface area (Å²) < 4.78 is 7.28. The van der Waals surface area contributed by atoms with Gasteiger partial charge in [0.25, 0.3) is 0 Å². The van der Waals surface area contributed by atoms with E-state index in [0.29, 0.717) is 10.7 Å². The topological polar surface area (TPSA) is 102 Å². The number of imidazole rings is 1. The van der Waals surface area contributed by atoms with E-state index in [1.54, 1.807) is 24.7 Å². The summed E-state index contributed by atoms with van der Waals surface area (Å²) >= 11 is 6.21. The molecule has 0 bridgehead atoms. The molecule has 0 atom stereocenters. The number of hydrogen-bond acceptors (Lipinski definition) is 5. The van der Waals surface area contributed by atoms with Gasteiger partial charge in [-0.05, 0) is 41.5 Å². The first-order chi connectivity index (χ1) is 17.6. The minimum Gasteiger partial charge on any atom is -0.338 e. The molecule has 0 saturated carbocycles. The highest BCUT2D eigenvalue weighted by atomic mass is 35.5. The molecule has 3 aromatic heterocycles. The van der Waals surface area contributed by atoms with Crippen molar-refractivity contribution in [1.29, 1.82) is 0 Å². The molecule has 0 aliphatic heterocycles. The van der Waals surface area contributed by atoms with E-state index in [2.05, 4.69) is 25.7 Å². The molecule has 0 fully saturated rings.